The fourth-order valence-electron chi connectivity index (χ4n) is 1.38. The van der Waals surface area contributed by atoms with E-state index in [0.29, 0.717) is 18.8 Å². The van der Waals surface area contributed by atoms with Crippen LogP contribution in [0.4, 0.5) is 0 Å². The molecule has 2 heterocycles. The quantitative estimate of drug-likeness (QED) is 0.312. The lowest BCUT2D eigenvalue weighted by atomic mass is 10.1. The standard InChI is InChI=1S/C9H8O4/c1-5-8(10)7(9(11)13-5)6-3-2-4-12-6/h1-4H2/b7-6+. The molecule has 0 aromatic rings. The van der Waals surface area contributed by atoms with Gasteiger partial charge in [-0.2, -0.15) is 0 Å². The van der Waals surface area contributed by atoms with Gasteiger partial charge in [0.2, 0.25) is 5.78 Å². The minimum absolute atomic E-state index is 0.0301. The molecule has 0 spiro atoms. The summed E-state index contributed by atoms with van der Waals surface area (Å²) >= 11 is 0. The van der Waals surface area contributed by atoms with Crippen molar-refractivity contribution in [2.75, 3.05) is 6.61 Å². The van der Waals surface area contributed by atoms with E-state index in [4.69, 9.17) is 4.74 Å². The van der Waals surface area contributed by atoms with Gasteiger partial charge in [-0.1, -0.05) is 6.58 Å². The summed E-state index contributed by atoms with van der Waals surface area (Å²) < 4.78 is 9.72. The summed E-state index contributed by atoms with van der Waals surface area (Å²) in [4.78, 5) is 22.5. The molecule has 2 saturated heterocycles. The van der Waals surface area contributed by atoms with E-state index in [1.807, 2.05) is 0 Å². The Labute approximate surface area is 74.8 Å². The number of esters is 1. The van der Waals surface area contributed by atoms with Gasteiger partial charge in [-0.05, 0) is 6.42 Å². The highest BCUT2D eigenvalue weighted by molar-refractivity contribution is 6.28. The summed E-state index contributed by atoms with van der Waals surface area (Å²) in [5.41, 5.74) is 0.0301. The Balaban J connectivity index is 2.42. The zero-order valence-electron chi connectivity index (χ0n) is 6.96. The number of Topliss-reactive ketones (excluding diaryl/α,β-unsaturated/α-hetero) is 1. The van der Waals surface area contributed by atoms with Crippen molar-refractivity contribution in [2.45, 2.75) is 12.8 Å². The number of carbonyl (C=O) groups is 2. The smallest absolute Gasteiger partial charge is 0.351 e. The largest absolute Gasteiger partial charge is 0.497 e. The van der Waals surface area contributed by atoms with Crippen molar-refractivity contribution < 1.29 is 19.1 Å². The van der Waals surface area contributed by atoms with Crippen molar-refractivity contribution in [3.8, 4) is 0 Å². The van der Waals surface area contributed by atoms with Crippen LogP contribution >= 0.6 is 0 Å². The molecule has 0 aliphatic carbocycles. The Morgan fingerprint density at radius 3 is 2.54 bits per heavy atom. The molecule has 0 atom stereocenters. The lowest BCUT2D eigenvalue weighted by molar-refractivity contribution is -0.132. The summed E-state index contributed by atoms with van der Waals surface area (Å²) in [6, 6.07) is 0. The van der Waals surface area contributed by atoms with Crippen LogP contribution in [0, 0.1) is 0 Å². The van der Waals surface area contributed by atoms with Crippen LogP contribution in [0.25, 0.3) is 0 Å². The topological polar surface area (TPSA) is 52.6 Å². The molecule has 0 bridgehead atoms. The summed E-state index contributed by atoms with van der Waals surface area (Å²) in [5.74, 6) is -0.731. The van der Waals surface area contributed by atoms with Gasteiger partial charge in [0.25, 0.3) is 0 Å². The Morgan fingerprint density at radius 1 is 1.31 bits per heavy atom. The van der Waals surface area contributed by atoms with Crippen LogP contribution in [-0.4, -0.2) is 18.4 Å². The van der Waals surface area contributed by atoms with Gasteiger partial charge in [-0.15, -0.1) is 0 Å². The van der Waals surface area contributed by atoms with Crippen molar-refractivity contribution in [1.82, 2.24) is 0 Å². The third-order valence-corrected chi connectivity index (χ3v) is 2.00. The predicted molar refractivity (Wildman–Crippen MR) is 42.5 cm³/mol. The molecule has 0 amide bonds. The highest BCUT2D eigenvalue weighted by Crippen LogP contribution is 2.27. The third-order valence-electron chi connectivity index (χ3n) is 2.00. The summed E-state index contributed by atoms with van der Waals surface area (Å²) in [6.45, 7) is 3.89. The second-order valence-electron chi connectivity index (χ2n) is 2.89. The van der Waals surface area contributed by atoms with Crippen LogP contribution in [0.5, 0.6) is 0 Å². The molecule has 2 aliphatic heterocycles. The van der Waals surface area contributed by atoms with Crippen molar-refractivity contribution in [3.05, 3.63) is 23.7 Å². The van der Waals surface area contributed by atoms with E-state index in [9.17, 15) is 9.59 Å². The first kappa shape index (κ1) is 8.04. The Hall–Kier alpha value is -1.58. The van der Waals surface area contributed by atoms with Gasteiger partial charge < -0.3 is 9.47 Å². The van der Waals surface area contributed by atoms with Crippen molar-refractivity contribution in [3.63, 3.8) is 0 Å². The highest BCUT2D eigenvalue weighted by Gasteiger charge is 2.37. The number of cyclic esters (lactones) is 1. The van der Waals surface area contributed by atoms with Crippen molar-refractivity contribution in [2.24, 2.45) is 0 Å². The lowest BCUT2D eigenvalue weighted by Gasteiger charge is -1.97. The number of rotatable bonds is 0. The predicted octanol–water partition coefficient (Wildman–Crippen LogP) is 0.690. The van der Waals surface area contributed by atoms with E-state index in [2.05, 4.69) is 11.3 Å². The van der Waals surface area contributed by atoms with Gasteiger partial charge in [0.15, 0.2) is 5.76 Å². The second-order valence-corrected chi connectivity index (χ2v) is 2.89. The third kappa shape index (κ3) is 1.14. The van der Waals surface area contributed by atoms with E-state index >= 15 is 0 Å². The number of ketones is 1. The second kappa shape index (κ2) is 2.73. The van der Waals surface area contributed by atoms with Gasteiger partial charge in [-0.25, -0.2) is 4.79 Å². The van der Waals surface area contributed by atoms with Crippen LogP contribution in [0.3, 0.4) is 0 Å². The number of hydrogen-bond acceptors (Lipinski definition) is 4. The van der Waals surface area contributed by atoms with Crippen LogP contribution in [0.2, 0.25) is 0 Å². The summed E-state index contributed by atoms with van der Waals surface area (Å²) in [6.07, 6.45) is 1.47. The molecule has 0 aromatic carbocycles. The van der Waals surface area contributed by atoms with Gasteiger partial charge >= 0.3 is 5.97 Å². The molecule has 0 aromatic heterocycles. The summed E-state index contributed by atoms with van der Waals surface area (Å²) in [7, 11) is 0. The zero-order valence-corrected chi connectivity index (χ0v) is 6.96. The van der Waals surface area contributed by atoms with Crippen LogP contribution in [0.15, 0.2) is 23.7 Å². The zero-order chi connectivity index (χ0) is 9.42. The van der Waals surface area contributed by atoms with E-state index in [-0.39, 0.29) is 11.3 Å². The first-order chi connectivity index (χ1) is 6.20. The maximum Gasteiger partial charge on any atom is 0.351 e. The molecule has 13 heavy (non-hydrogen) atoms. The van der Waals surface area contributed by atoms with Gasteiger partial charge in [0.05, 0.1) is 6.61 Å². The van der Waals surface area contributed by atoms with E-state index in [1.165, 1.54) is 0 Å². The first-order valence-corrected chi connectivity index (χ1v) is 4.02. The highest BCUT2D eigenvalue weighted by atomic mass is 16.6. The molecular formula is C9H8O4. The minimum Gasteiger partial charge on any atom is -0.497 e. The molecule has 0 saturated carbocycles. The number of hydrogen-bond donors (Lipinski definition) is 0. The average molecular weight is 180 g/mol. The SMILES string of the molecule is C=C1OC(=O)/C(=C2\CCCO2)C1=O. The van der Waals surface area contributed by atoms with Crippen LogP contribution < -0.4 is 0 Å². The normalized spacial score (nSPS) is 27.8. The molecule has 4 heteroatoms. The fraction of sp³-hybridized carbons (Fsp3) is 0.333. The Morgan fingerprint density at radius 2 is 2.08 bits per heavy atom. The molecule has 2 rings (SSSR count). The maximum absolute atomic E-state index is 11.3. The summed E-state index contributed by atoms with van der Waals surface area (Å²) in [5, 5.41) is 0. The average Bonchev–Trinajstić information content (AvgIpc) is 2.63. The molecule has 0 unspecified atom stereocenters. The maximum atomic E-state index is 11.3. The molecule has 4 nitrogen and oxygen atoms in total. The first-order valence-electron chi connectivity index (χ1n) is 4.02. The fourth-order valence-corrected chi connectivity index (χ4v) is 1.38. The van der Waals surface area contributed by atoms with E-state index in [1.54, 1.807) is 0 Å². The van der Waals surface area contributed by atoms with Crippen molar-refractivity contribution >= 4 is 11.8 Å². The number of allylic oxidation sites excluding steroid dienone is 2. The molecule has 68 valence electrons. The van der Waals surface area contributed by atoms with Gasteiger partial charge in [0, 0.05) is 6.42 Å². The van der Waals surface area contributed by atoms with E-state index in [0.717, 1.165) is 6.42 Å². The lowest BCUT2D eigenvalue weighted by Crippen LogP contribution is -2.04. The molecule has 0 N–H and O–H groups in total. The Kier molecular flexibility index (Phi) is 1.69. The molecule has 0 radical (unpaired) electrons. The van der Waals surface area contributed by atoms with Gasteiger partial charge in [0.1, 0.15) is 11.3 Å². The number of ether oxygens (including phenoxy) is 2. The van der Waals surface area contributed by atoms with Crippen LogP contribution in [-0.2, 0) is 19.1 Å². The van der Waals surface area contributed by atoms with Crippen molar-refractivity contribution in [1.29, 1.82) is 0 Å². The molecule has 2 aliphatic rings. The minimum atomic E-state index is -0.633. The number of carbonyl (C=O) groups excluding carboxylic acids is 2. The Bertz CT molecular complexity index is 330. The van der Waals surface area contributed by atoms with Gasteiger partial charge in [-0.3, -0.25) is 4.79 Å². The van der Waals surface area contributed by atoms with Crippen LogP contribution in [0.1, 0.15) is 12.8 Å². The van der Waals surface area contributed by atoms with E-state index < -0.39 is 11.8 Å². The molecular weight excluding hydrogens is 172 g/mol. The molecule has 2 fully saturated rings. The monoisotopic (exact) mass is 180 g/mol.